The second-order valence-corrected chi connectivity index (χ2v) is 12.6. The fourth-order valence-corrected chi connectivity index (χ4v) is 6.40. The second-order valence-electron chi connectivity index (χ2n) is 9.33. The molecule has 3 heterocycles. The monoisotopic (exact) mass is 620 g/mol. The number of fused-ring (bicyclic) bond motifs is 1. The van der Waals surface area contributed by atoms with Crippen molar-refractivity contribution in [2.75, 3.05) is 11.5 Å². The maximum absolute atomic E-state index is 12.9. The third-order valence-corrected chi connectivity index (χ3v) is 9.64. The summed E-state index contributed by atoms with van der Waals surface area (Å²) in [6.45, 7) is 1.89. The number of hydrogen-bond donors (Lipinski definition) is 2. The minimum atomic E-state index is -3.15. The van der Waals surface area contributed by atoms with Crippen LogP contribution in [0.2, 0.25) is 0 Å². The number of carbonyl (C=O) groups is 1. The number of sulfone groups is 1. The van der Waals surface area contributed by atoms with Gasteiger partial charge in [-0.15, -0.1) is 0 Å². The van der Waals surface area contributed by atoms with Crippen molar-refractivity contribution in [3.05, 3.63) is 42.1 Å². The van der Waals surface area contributed by atoms with Gasteiger partial charge >= 0.3 is 6.61 Å². The summed E-state index contributed by atoms with van der Waals surface area (Å²) < 4.78 is 54.0. The zero-order valence-electron chi connectivity index (χ0n) is 19.0. The summed E-state index contributed by atoms with van der Waals surface area (Å²) in [7, 11) is -3.15. The first-order chi connectivity index (χ1) is 16.2. The average Bonchev–Trinajstić information content (AvgIpc) is 3.09. The van der Waals surface area contributed by atoms with Crippen LogP contribution in [0.5, 0.6) is 5.75 Å². The van der Waals surface area contributed by atoms with Crippen molar-refractivity contribution >= 4 is 49.4 Å². The summed E-state index contributed by atoms with van der Waals surface area (Å²) >= 11 is 2.02. The first-order valence-corrected chi connectivity index (χ1v) is 13.6. The van der Waals surface area contributed by atoms with Gasteiger partial charge in [0.25, 0.3) is 5.91 Å². The predicted octanol–water partition coefficient (Wildman–Crippen LogP) is 3.32. The quantitative estimate of drug-likeness (QED) is 0.307. The Balaban J connectivity index is 1.78. The smallest absolute Gasteiger partial charge is 0.387 e. The summed E-state index contributed by atoms with van der Waals surface area (Å²) in [6.07, 6.45) is 1.34. The van der Waals surface area contributed by atoms with Gasteiger partial charge in [0.15, 0.2) is 9.84 Å². The molecule has 0 saturated carbocycles. The molecule has 35 heavy (non-hydrogen) atoms. The summed E-state index contributed by atoms with van der Waals surface area (Å²) in [5, 5.41) is 18.0. The minimum Gasteiger partial charge on any atom is -0.435 e. The highest BCUT2D eigenvalue weighted by Crippen LogP contribution is 2.36. The van der Waals surface area contributed by atoms with E-state index in [0.29, 0.717) is 22.3 Å². The molecule has 2 N–H and O–H groups in total. The van der Waals surface area contributed by atoms with E-state index >= 15 is 0 Å². The molecule has 0 unspecified atom stereocenters. The number of ether oxygens (including phenoxy) is 1. The van der Waals surface area contributed by atoms with E-state index in [1.807, 2.05) is 22.6 Å². The summed E-state index contributed by atoms with van der Waals surface area (Å²) in [5.41, 5.74) is -0.244. The number of nitrogens with zero attached hydrogens (tertiary/aromatic N) is 3. The van der Waals surface area contributed by atoms with Gasteiger partial charge in [-0.05, 0) is 39.0 Å². The molecule has 13 heteroatoms. The van der Waals surface area contributed by atoms with Crippen molar-refractivity contribution in [3.8, 4) is 17.0 Å². The van der Waals surface area contributed by atoms with Crippen molar-refractivity contribution in [1.82, 2.24) is 20.1 Å². The third-order valence-electron chi connectivity index (χ3n) is 5.43. The van der Waals surface area contributed by atoms with Gasteiger partial charge in [-0.3, -0.25) is 9.78 Å². The number of aliphatic hydroxyl groups is 1. The van der Waals surface area contributed by atoms with Crippen molar-refractivity contribution in [2.24, 2.45) is 0 Å². The molecule has 0 spiro atoms. The molecule has 9 nitrogen and oxygen atoms in total. The first-order valence-electron chi connectivity index (χ1n) is 10.5. The van der Waals surface area contributed by atoms with Crippen LogP contribution in [0.1, 0.15) is 35.2 Å². The number of aromatic nitrogens is 3. The fourth-order valence-electron chi connectivity index (χ4n) is 3.98. The van der Waals surface area contributed by atoms with Gasteiger partial charge in [0, 0.05) is 11.8 Å². The van der Waals surface area contributed by atoms with Crippen molar-refractivity contribution in [1.29, 1.82) is 0 Å². The highest BCUT2D eigenvalue weighted by atomic mass is 127. The van der Waals surface area contributed by atoms with Crippen LogP contribution in [0.15, 0.2) is 36.5 Å². The van der Waals surface area contributed by atoms with E-state index in [1.54, 1.807) is 39.0 Å². The number of alkyl halides is 3. The molecule has 1 aliphatic rings. The molecule has 1 aliphatic heterocycles. The van der Waals surface area contributed by atoms with E-state index in [0.717, 1.165) is 0 Å². The Bertz CT molecular complexity index is 1390. The zero-order valence-corrected chi connectivity index (χ0v) is 22.0. The van der Waals surface area contributed by atoms with Crippen LogP contribution in [-0.4, -0.2) is 63.5 Å². The lowest BCUT2D eigenvalue weighted by Crippen LogP contribution is -2.63. The zero-order chi connectivity index (χ0) is 25.8. The number of hydrogen-bond acceptors (Lipinski definition) is 7. The van der Waals surface area contributed by atoms with Gasteiger partial charge in [0.05, 0.1) is 33.7 Å². The van der Waals surface area contributed by atoms with E-state index in [-0.39, 0.29) is 22.8 Å². The largest absolute Gasteiger partial charge is 0.435 e. The molecule has 0 radical (unpaired) electrons. The average molecular weight is 620 g/mol. The standard InChI is InChI=1S/C22H23F2IN4O5S/c1-21(2,31)19(25)29-15-8-13(18(30)27-22(3)10-35(32,33)11-22)9-26-17(15)16(28-29)12-5-4-6-14(7-12)34-20(23)24/h4-9,19-20,31H,10-11H2,1-3H3,(H,27,30)/t19-/m1/s1. The van der Waals surface area contributed by atoms with Crippen LogP contribution in [0.4, 0.5) is 8.78 Å². The van der Waals surface area contributed by atoms with Crippen molar-refractivity contribution in [2.45, 2.75) is 42.6 Å². The number of benzene rings is 1. The van der Waals surface area contributed by atoms with Gasteiger partial charge < -0.3 is 15.2 Å². The Hall–Kier alpha value is -2.39. The Morgan fingerprint density at radius 1 is 1.31 bits per heavy atom. The van der Waals surface area contributed by atoms with Gasteiger partial charge in [-0.2, -0.15) is 13.9 Å². The number of halogens is 3. The lowest BCUT2D eigenvalue weighted by molar-refractivity contribution is -0.0498. The molecule has 2 aromatic heterocycles. The number of pyridine rings is 1. The fraction of sp³-hybridized carbons (Fsp3) is 0.409. The van der Waals surface area contributed by atoms with Gasteiger partial charge in [-0.1, -0.05) is 34.7 Å². The Labute approximate surface area is 213 Å². The predicted molar refractivity (Wildman–Crippen MR) is 133 cm³/mol. The maximum Gasteiger partial charge on any atom is 0.387 e. The molecule has 1 atom stereocenters. The minimum absolute atomic E-state index is 0.0478. The van der Waals surface area contributed by atoms with Crippen LogP contribution in [0.3, 0.4) is 0 Å². The number of amides is 1. The molecule has 1 fully saturated rings. The highest BCUT2D eigenvalue weighted by Gasteiger charge is 2.45. The Kier molecular flexibility index (Phi) is 6.55. The van der Waals surface area contributed by atoms with E-state index < -0.39 is 37.5 Å². The molecule has 0 bridgehead atoms. The van der Waals surface area contributed by atoms with Crippen LogP contribution in [0, 0.1) is 0 Å². The lowest BCUT2D eigenvalue weighted by atomic mass is 10.1. The molecule has 4 rings (SSSR count). The number of carbonyl (C=O) groups excluding carboxylic acids is 1. The molecule has 188 valence electrons. The molecule has 1 aromatic carbocycles. The topological polar surface area (TPSA) is 123 Å². The number of nitrogens with one attached hydrogen (secondary N) is 1. The van der Waals surface area contributed by atoms with Gasteiger partial charge in [0.2, 0.25) is 0 Å². The molecular weight excluding hydrogens is 597 g/mol. The summed E-state index contributed by atoms with van der Waals surface area (Å²) in [4.78, 5) is 17.3. The van der Waals surface area contributed by atoms with E-state index in [2.05, 4.69) is 20.1 Å². The third kappa shape index (κ3) is 5.40. The Morgan fingerprint density at radius 2 is 2.00 bits per heavy atom. The summed E-state index contributed by atoms with van der Waals surface area (Å²) in [5.74, 6) is -0.829. The SMILES string of the molecule is CC1(NC(=O)c2cnc3c(-c4cccc(OC(F)F)c4)nn([C@@H](I)C(C)(C)O)c3c2)CS(=O)(=O)C1. The lowest BCUT2D eigenvalue weighted by Gasteiger charge is -2.38. The van der Waals surface area contributed by atoms with Crippen molar-refractivity contribution in [3.63, 3.8) is 0 Å². The van der Waals surface area contributed by atoms with E-state index in [4.69, 9.17) is 0 Å². The molecule has 0 aliphatic carbocycles. The highest BCUT2D eigenvalue weighted by molar-refractivity contribution is 14.1. The second kappa shape index (κ2) is 8.92. The summed E-state index contributed by atoms with van der Waals surface area (Å²) in [6, 6.07) is 7.57. The van der Waals surface area contributed by atoms with Gasteiger partial charge in [0.1, 0.15) is 21.0 Å². The van der Waals surface area contributed by atoms with Crippen LogP contribution in [-0.2, 0) is 9.84 Å². The molecule has 1 amide bonds. The van der Waals surface area contributed by atoms with Crippen LogP contribution < -0.4 is 10.1 Å². The van der Waals surface area contributed by atoms with Gasteiger partial charge in [-0.25, -0.2) is 13.1 Å². The molecule has 3 aromatic rings. The number of rotatable bonds is 7. The maximum atomic E-state index is 12.9. The molecular formula is C22H23F2IN4O5S. The van der Waals surface area contributed by atoms with E-state index in [9.17, 15) is 27.1 Å². The normalized spacial score (nSPS) is 17.7. The molecule has 1 saturated heterocycles. The van der Waals surface area contributed by atoms with E-state index in [1.165, 1.54) is 23.0 Å². The Morgan fingerprint density at radius 3 is 2.60 bits per heavy atom. The first kappa shape index (κ1) is 25.7. The van der Waals surface area contributed by atoms with Crippen molar-refractivity contribution < 1.29 is 31.8 Å². The van der Waals surface area contributed by atoms with Crippen LogP contribution >= 0.6 is 22.6 Å². The van der Waals surface area contributed by atoms with Crippen LogP contribution in [0.25, 0.3) is 22.3 Å².